The molecule has 0 fully saturated rings. The van der Waals surface area contributed by atoms with Crippen molar-refractivity contribution in [3.8, 4) is 0 Å². The Labute approximate surface area is 353 Å². The van der Waals surface area contributed by atoms with Crippen molar-refractivity contribution in [2.75, 3.05) is 79.3 Å². The Kier molecular flexibility index (Phi) is 25.2. The lowest BCUT2D eigenvalue weighted by Gasteiger charge is -2.34. The molecule has 0 aliphatic rings. The van der Waals surface area contributed by atoms with Crippen LogP contribution in [0.2, 0.25) is 0 Å². The number of carbonyl (C=O) groups is 6. The summed E-state index contributed by atoms with van der Waals surface area (Å²) in [7, 11) is 0. The van der Waals surface area contributed by atoms with Crippen molar-refractivity contribution < 1.29 is 76.1 Å². The molecular weight excluding hydrogens is 790 g/mol. The molecule has 19 heteroatoms. The molecule has 3 N–H and O–H groups in total. The quantitative estimate of drug-likeness (QED) is 0.0476. The van der Waals surface area contributed by atoms with E-state index in [4.69, 9.17) is 47.4 Å². The maximum Gasteiger partial charge on any atom is 0.426 e. The number of hydrogen-bond donors (Lipinski definition) is 3. The minimum Gasteiger partial charge on any atom is -0.460 e. The number of ether oxygens (including phenoxy) is 10. The van der Waals surface area contributed by atoms with E-state index in [9.17, 15) is 28.8 Å². The van der Waals surface area contributed by atoms with Gasteiger partial charge in [0.1, 0.15) is 42.2 Å². The number of esters is 3. The summed E-state index contributed by atoms with van der Waals surface area (Å²) < 4.78 is 54.8. The maximum atomic E-state index is 13.2. The van der Waals surface area contributed by atoms with Gasteiger partial charge in [0.2, 0.25) is 5.91 Å². The van der Waals surface area contributed by atoms with Crippen LogP contribution in [0.3, 0.4) is 0 Å². The van der Waals surface area contributed by atoms with Gasteiger partial charge in [0, 0.05) is 0 Å². The third-order valence-electron chi connectivity index (χ3n) is 6.88. The van der Waals surface area contributed by atoms with E-state index < -0.39 is 64.8 Å². The molecule has 19 nitrogen and oxygen atoms in total. The molecule has 0 aromatic heterocycles. The Bertz CT molecular complexity index is 1350. The van der Waals surface area contributed by atoms with Crippen molar-refractivity contribution in [3.05, 3.63) is 35.9 Å². The number of benzene rings is 1. The van der Waals surface area contributed by atoms with Crippen LogP contribution in [0.25, 0.3) is 0 Å². The largest absolute Gasteiger partial charge is 0.460 e. The van der Waals surface area contributed by atoms with Gasteiger partial charge in [-0.1, -0.05) is 30.3 Å². The van der Waals surface area contributed by atoms with Crippen LogP contribution in [0.15, 0.2) is 30.3 Å². The molecule has 0 atom stereocenters. The summed E-state index contributed by atoms with van der Waals surface area (Å²) in [5.74, 6) is -2.59. The van der Waals surface area contributed by atoms with Crippen LogP contribution in [0, 0.1) is 0 Å². The second-order valence-corrected chi connectivity index (χ2v) is 16.4. The van der Waals surface area contributed by atoms with E-state index in [2.05, 4.69) is 16.2 Å². The third kappa shape index (κ3) is 30.6. The van der Waals surface area contributed by atoms with Crippen LogP contribution in [0.5, 0.6) is 0 Å². The molecule has 3 amide bonds. The molecule has 0 unspecified atom stereocenters. The summed E-state index contributed by atoms with van der Waals surface area (Å²) in [6.45, 7) is 14.6. The molecule has 1 rings (SSSR count). The zero-order chi connectivity index (χ0) is 45.1. The molecular formula is C41H67N3O16. The fourth-order valence-electron chi connectivity index (χ4n) is 4.60. The minimum atomic E-state index is -1.35. The summed E-state index contributed by atoms with van der Waals surface area (Å²) in [4.78, 5) is 73.8. The molecule has 0 heterocycles. The van der Waals surface area contributed by atoms with E-state index in [0.717, 1.165) is 5.56 Å². The zero-order valence-corrected chi connectivity index (χ0v) is 36.7. The lowest BCUT2D eigenvalue weighted by atomic mass is 10.0. The number of hydrogen-bond acceptors (Lipinski definition) is 16. The topological polar surface area (TPSA) is 231 Å². The first-order chi connectivity index (χ1) is 28.1. The van der Waals surface area contributed by atoms with E-state index in [-0.39, 0.29) is 98.5 Å². The van der Waals surface area contributed by atoms with Gasteiger partial charge in [-0.15, -0.1) is 0 Å². The van der Waals surface area contributed by atoms with Gasteiger partial charge < -0.3 is 52.7 Å². The highest BCUT2D eigenvalue weighted by atomic mass is 16.6. The molecule has 60 heavy (non-hydrogen) atoms. The van der Waals surface area contributed by atoms with Gasteiger partial charge in [0.15, 0.2) is 0 Å². The van der Waals surface area contributed by atoms with Crippen molar-refractivity contribution in [1.82, 2.24) is 16.2 Å². The summed E-state index contributed by atoms with van der Waals surface area (Å²) in [5.41, 5.74) is 1.69. The molecule has 0 saturated heterocycles. The molecule has 0 radical (unpaired) electrons. The molecule has 342 valence electrons. The SMILES string of the molecule is CC(C)(C)OC(=O)CCOCC(COCCC(=O)OC(C)(C)C)(COCCC(=O)OC(C)(C)C)NC(=O)COCCOCCOCC(=O)NNC(=O)OCc1ccccc1. The van der Waals surface area contributed by atoms with Crippen LogP contribution < -0.4 is 16.2 Å². The van der Waals surface area contributed by atoms with Gasteiger partial charge in [-0.2, -0.15) is 0 Å². The molecule has 0 spiro atoms. The Hall–Kier alpha value is -4.40. The number of amides is 3. The van der Waals surface area contributed by atoms with Crippen molar-refractivity contribution in [2.45, 2.75) is 111 Å². The fraction of sp³-hybridized carbons (Fsp3) is 0.707. The first-order valence-electron chi connectivity index (χ1n) is 19.7. The molecule has 1 aromatic rings. The highest BCUT2D eigenvalue weighted by Gasteiger charge is 2.34. The normalized spacial score (nSPS) is 11.9. The van der Waals surface area contributed by atoms with E-state index in [1.54, 1.807) is 74.4 Å². The second kappa shape index (κ2) is 28.2. The Morgan fingerprint density at radius 3 is 1.30 bits per heavy atom. The van der Waals surface area contributed by atoms with Gasteiger partial charge in [-0.05, 0) is 67.9 Å². The van der Waals surface area contributed by atoms with Gasteiger partial charge in [-0.25, -0.2) is 10.2 Å². The lowest BCUT2D eigenvalue weighted by molar-refractivity contribution is -0.157. The molecule has 0 saturated carbocycles. The molecule has 0 aliphatic carbocycles. The fourth-order valence-corrected chi connectivity index (χ4v) is 4.60. The van der Waals surface area contributed by atoms with Crippen LogP contribution in [-0.4, -0.2) is 137 Å². The summed E-state index contributed by atoms with van der Waals surface area (Å²) in [6, 6.07) is 9.04. The third-order valence-corrected chi connectivity index (χ3v) is 6.88. The van der Waals surface area contributed by atoms with Crippen molar-refractivity contribution in [1.29, 1.82) is 0 Å². The lowest BCUT2D eigenvalue weighted by Crippen LogP contribution is -2.59. The van der Waals surface area contributed by atoms with E-state index in [1.807, 2.05) is 18.2 Å². The number of carbonyl (C=O) groups excluding carboxylic acids is 6. The molecule has 1 aromatic carbocycles. The predicted octanol–water partition coefficient (Wildman–Crippen LogP) is 3.09. The van der Waals surface area contributed by atoms with Gasteiger partial charge in [-0.3, -0.25) is 29.4 Å². The molecule has 0 aliphatic heterocycles. The predicted molar refractivity (Wildman–Crippen MR) is 215 cm³/mol. The average molecular weight is 858 g/mol. The first kappa shape index (κ1) is 53.6. The Morgan fingerprint density at radius 2 is 0.883 bits per heavy atom. The monoisotopic (exact) mass is 857 g/mol. The van der Waals surface area contributed by atoms with Crippen molar-refractivity contribution in [3.63, 3.8) is 0 Å². The zero-order valence-electron chi connectivity index (χ0n) is 36.7. The number of hydrazine groups is 1. The highest BCUT2D eigenvalue weighted by molar-refractivity contribution is 5.80. The first-order valence-corrected chi connectivity index (χ1v) is 19.7. The van der Waals surface area contributed by atoms with Gasteiger partial charge >= 0.3 is 24.0 Å². The summed E-state index contributed by atoms with van der Waals surface area (Å²) in [5, 5.41) is 2.85. The summed E-state index contributed by atoms with van der Waals surface area (Å²) >= 11 is 0. The van der Waals surface area contributed by atoms with Gasteiger partial charge in [0.05, 0.1) is 85.3 Å². The minimum absolute atomic E-state index is 0.0289. The maximum absolute atomic E-state index is 13.2. The van der Waals surface area contributed by atoms with Crippen molar-refractivity contribution in [2.24, 2.45) is 0 Å². The van der Waals surface area contributed by atoms with Crippen LogP contribution in [0.1, 0.15) is 87.1 Å². The van der Waals surface area contributed by atoms with Crippen LogP contribution in [0.4, 0.5) is 4.79 Å². The second-order valence-electron chi connectivity index (χ2n) is 16.4. The Balaban J connectivity index is 2.68. The van der Waals surface area contributed by atoms with Crippen LogP contribution in [-0.2, 0) is 77.9 Å². The van der Waals surface area contributed by atoms with E-state index >= 15 is 0 Å². The summed E-state index contributed by atoms with van der Waals surface area (Å²) in [6.07, 6.45) is -1.02. The average Bonchev–Trinajstić information content (AvgIpc) is 3.13. The standard InChI is InChI=1S/C41H67N3O16/c1-38(2,3)58-34(47)15-18-54-28-41(29-55-19-16-35(48)59-39(4,5)6,30-56-20-17-36(49)60-40(7,8)9)42-32(45)26-52-23-21-51-22-24-53-27-33(46)43-44-37(50)57-25-31-13-11-10-12-14-31/h10-14H,15-30H2,1-9H3,(H,42,45)(H,43,46)(H,44,50). The van der Waals surface area contributed by atoms with E-state index in [1.165, 1.54) is 0 Å². The Morgan fingerprint density at radius 1 is 0.483 bits per heavy atom. The molecule has 0 bridgehead atoms. The van der Waals surface area contributed by atoms with Gasteiger partial charge in [0.25, 0.3) is 5.91 Å². The van der Waals surface area contributed by atoms with Crippen LogP contribution >= 0.6 is 0 Å². The number of nitrogens with one attached hydrogen (secondary N) is 3. The highest BCUT2D eigenvalue weighted by Crippen LogP contribution is 2.14. The number of rotatable bonds is 28. The smallest absolute Gasteiger partial charge is 0.426 e. The van der Waals surface area contributed by atoms with E-state index in [0.29, 0.717) is 0 Å². The van der Waals surface area contributed by atoms with Crippen molar-refractivity contribution >= 4 is 35.8 Å².